The van der Waals surface area contributed by atoms with E-state index in [1.807, 2.05) is 53.1 Å². The summed E-state index contributed by atoms with van der Waals surface area (Å²) in [6.45, 7) is 0.546. The summed E-state index contributed by atoms with van der Waals surface area (Å²) in [5.41, 5.74) is 13.9. The van der Waals surface area contributed by atoms with Crippen molar-refractivity contribution >= 4 is 23.5 Å². The Labute approximate surface area is 144 Å². The first-order chi connectivity index (χ1) is 11.6. The topological polar surface area (TPSA) is 86.9 Å². The summed E-state index contributed by atoms with van der Waals surface area (Å²) in [5, 5.41) is 0.689. The molecule has 0 saturated heterocycles. The minimum absolute atomic E-state index is 0.126. The third-order valence-electron chi connectivity index (χ3n) is 3.60. The number of hydrogen-bond acceptors (Lipinski definition) is 4. The van der Waals surface area contributed by atoms with E-state index in [2.05, 4.69) is 17.1 Å². The number of aromatic nitrogens is 2. The molecule has 122 valence electrons. The maximum absolute atomic E-state index is 11.6. The molecule has 6 heteroatoms. The van der Waals surface area contributed by atoms with Crippen molar-refractivity contribution in [1.29, 1.82) is 0 Å². The van der Waals surface area contributed by atoms with Crippen molar-refractivity contribution in [2.75, 3.05) is 5.73 Å². The second-order valence-corrected chi connectivity index (χ2v) is 6.28. The van der Waals surface area contributed by atoms with Crippen LogP contribution in [0.3, 0.4) is 0 Å². The Balaban J connectivity index is 1.89. The lowest BCUT2D eigenvalue weighted by molar-refractivity contribution is 0.0996. The zero-order valence-corrected chi connectivity index (χ0v) is 13.9. The number of hydrogen-bond donors (Lipinski definition) is 2. The Morgan fingerprint density at radius 3 is 2.17 bits per heavy atom. The molecular weight excluding hydrogens is 320 g/mol. The fourth-order valence-corrected chi connectivity index (χ4v) is 3.34. The van der Waals surface area contributed by atoms with Gasteiger partial charge >= 0.3 is 0 Å². The molecule has 3 rings (SSSR count). The fourth-order valence-electron chi connectivity index (χ4n) is 2.38. The van der Waals surface area contributed by atoms with Crippen LogP contribution in [0.5, 0.6) is 0 Å². The van der Waals surface area contributed by atoms with Gasteiger partial charge in [-0.3, -0.25) is 4.79 Å². The van der Waals surface area contributed by atoms with Crippen molar-refractivity contribution in [2.24, 2.45) is 5.73 Å². The van der Waals surface area contributed by atoms with Crippen LogP contribution in [0.15, 0.2) is 65.8 Å². The summed E-state index contributed by atoms with van der Waals surface area (Å²) >= 11 is 1.54. The highest BCUT2D eigenvalue weighted by Gasteiger charge is 2.19. The van der Waals surface area contributed by atoms with Crippen molar-refractivity contribution in [3.05, 3.63) is 77.5 Å². The minimum Gasteiger partial charge on any atom is -0.383 e. The summed E-state index contributed by atoms with van der Waals surface area (Å²) in [6.07, 6.45) is 0. The fraction of sp³-hybridized carbons (Fsp3) is 0.111. The Kier molecular flexibility index (Phi) is 4.86. The second-order valence-electron chi connectivity index (χ2n) is 5.34. The van der Waals surface area contributed by atoms with E-state index in [4.69, 9.17) is 11.5 Å². The van der Waals surface area contributed by atoms with E-state index < -0.39 is 5.91 Å². The molecule has 1 heterocycles. The number of nitrogens with zero attached hydrogens (tertiary/aromatic N) is 2. The lowest BCUT2D eigenvalue weighted by Crippen LogP contribution is -2.14. The zero-order valence-electron chi connectivity index (χ0n) is 13.1. The third kappa shape index (κ3) is 3.60. The monoisotopic (exact) mass is 338 g/mol. The van der Waals surface area contributed by atoms with Crippen LogP contribution in [0, 0.1) is 0 Å². The van der Waals surface area contributed by atoms with Gasteiger partial charge in [0, 0.05) is 5.75 Å². The molecule has 0 radical (unpaired) electrons. The van der Waals surface area contributed by atoms with Crippen LogP contribution < -0.4 is 11.5 Å². The van der Waals surface area contributed by atoms with Crippen LogP contribution in [0.1, 0.15) is 21.6 Å². The average Bonchev–Trinajstić information content (AvgIpc) is 2.91. The van der Waals surface area contributed by atoms with Crippen molar-refractivity contribution in [1.82, 2.24) is 9.55 Å². The summed E-state index contributed by atoms with van der Waals surface area (Å²) in [6, 6.07) is 20.0. The van der Waals surface area contributed by atoms with E-state index in [1.165, 1.54) is 17.3 Å². The molecule has 0 spiro atoms. The summed E-state index contributed by atoms with van der Waals surface area (Å²) in [4.78, 5) is 15.9. The number of nitrogen functional groups attached to an aromatic ring is 1. The molecule has 0 aliphatic carbocycles. The summed E-state index contributed by atoms with van der Waals surface area (Å²) in [5.74, 6) is 0.437. The maximum atomic E-state index is 11.6. The first-order valence-electron chi connectivity index (χ1n) is 7.51. The zero-order chi connectivity index (χ0) is 16.9. The van der Waals surface area contributed by atoms with Crippen LogP contribution in [0.2, 0.25) is 0 Å². The first-order valence-corrected chi connectivity index (χ1v) is 8.50. The van der Waals surface area contributed by atoms with Gasteiger partial charge < -0.3 is 16.0 Å². The average molecular weight is 338 g/mol. The molecule has 0 saturated carbocycles. The number of benzene rings is 2. The van der Waals surface area contributed by atoms with Crippen LogP contribution in [0.4, 0.5) is 5.82 Å². The van der Waals surface area contributed by atoms with Gasteiger partial charge in [-0.15, -0.1) is 0 Å². The lowest BCUT2D eigenvalue weighted by atomic mass is 10.2. The number of imidazole rings is 1. The van der Waals surface area contributed by atoms with Gasteiger partial charge in [-0.2, -0.15) is 0 Å². The number of carbonyl (C=O) groups is 1. The molecule has 5 nitrogen and oxygen atoms in total. The molecular formula is C18H18N4OS. The van der Waals surface area contributed by atoms with Crippen molar-refractivity contribution in [2.45, 2.75) is 17.5 Å². The normalized spacial score (nSPS) is 10.7. The summed E-state index contributed by atoms with van der Waals surface area (Å²) in [7, 11) is 0. The van der Waals surface area contributed by atoms with Crippen LogP contribution in [0.25, 0.3) is 0 Å². The van der Waals surface area contributed by atoms with Gasteiger partial charge in [0.2, 0.25) is 0 Å². The highest BCUT2D eigenvalue weighted by molar-refractivity contribution is 7.98. The maximum Gasteiger partial charge on any atom is 0.271 e. The molecule has 0 atom stereocenters. The Hall–Kier alpha value is -2.73. The SMILES string of the molecule is NC(=O)c1nc(SCc2ccccc2)n(Cc2ccccc2)c1N. The minimum atomic E-state index is -0.610. The smallest absolute Gasteiger partial charge is 0.271 e. The van der Waals surface area contributed by atoms with E-state index in [1.54, 1.807) is 0 Å². The van der Waals surface area contributed by atoms with E-state index in [0.717, 1.165) is 11.3 Å². The Morgan fingerprint density at radius 2 is 1.58 bits per heavy atom. The number of rotatable bonds is 6. The number of primary amides is 1. The van der Waals surface area contributed by atoms with Gasteiger partial charge in [0.05, 0.1) is 6.54 Å². The molecule has 0 bridgehead atoms. The second kappa shape index (κ2) is 7.23. The van der Waals surface area contributed by atoms with Gasteiger partial charge in [0.15, 0.2) is 10.9 Å². The number of nitrogens with two attached hydrogens (primary N) is 2. The van der Waals surface area contributed by atoms with Crippen molar-refractivity contribution in [3.63, 3.8) is 0 Å². The van der Waals surface area contributed by atoms with Crippen LogP contribution in [-0.4, -0.2) is 15.5 Å². The molecule has 24 heavy (non-hydrogen) atoms. The van der Waals surface area contributed by atoms with Crippen LogP contribution in [-0.2, 0) is 12.3 Å². The number of anilines is 1. The van der Waals surface area contributed by atoms with Gasteiger partial charge in [-0.25, -0.2) is 4.98 Å². The molecule has 0 fully saturated rings. The first kappa shape index (κ1) is 16.1. The number of amides is 1. The Morgan fingerprint density at radius 1 is 1.00 bits per heavy atom. The molecule has 1 aromatic heterocycles. The molecule has 2 aromatic carbocycles. The number of thioether (sulfide) groups is 1. The molecule has 0 aliphatic heterocycles. The van der Waals surface area contributed by atoms with E-state index in [-0.39, 0.29) is 5.69 Å². The van der Waals surface area contributed by atoms with Crippen molar-refractivity contribution < 1.29 is 4.79 Å². The Bertz CT molecular complexity index is 831. The quantitative estimate of drug-likeness (QED) is 0.677. The van der Waals surface area contributed by atoms with Gasteiger partial charge in [0.1, 0.15) is 5.82 Å². The summed E-state index contributed by atoms with van der Waals surface area (Å²) < 4.78 is 1.84. The van der Waals surface area contributed by atoms with Crippen molar-refractivity contribution in [3.8, 4) is 0 Å². The van der Waals surface area contributed by atoms with E-state index in [9.17, 15) is 4.79 Å². The van der Waals surface area contributed by atoms with E-state index in [0.29, 0.717) is 17.5 Å². The highest BCUT2D eigenvalue weighted by atomic mass is 32.2. The van der Waals surface area contributed by atoms with Gasteiger partial charge in [-0.05, 0) is 11.1 Å². The molecule has 0 aliphatic rings. The standard InChI is InChI=1S/C18H18N4OS/c19-16-15(17(20)23)21-18(24-12-14-9-5-2-6-10-14)22(16)11-13-7-3-1-4-8-13/h1-10H,11-12,19H2,(H2,20,23). The van der Waals surface area contributed by atoms with E-state index >= 15 is 0 Å². The largest absolute Gasteiger partial charge is 0.383 e. The van der Waals surface area contributed by atoms with Gasteiger partial charge in [0.25, 0.3) is 5.91 Å². The predicted molar refractivity (Wildman–Crippen MR) is 96.7 cm³/mol. The lowest BCUT2D eigenvalue weighted by Gasteiger charge is -2.09. The number of carbonyl (C=O) groups excluding carboxylic acids is 1. The molecule has 1 amide bonds. The molecule has 4 N–H and O–H groups in total. The predicted octanol–water partition coefficient (Wildman–Crippen LogP) is 2.90. The molecule has 3 aromatic rings. The van der Waals surface area contributed by atoms with Crippen LogP contribution >= 0.6 is 11.8 Å². The van der Waals surface area contributed by atoms with Gasteiger partial charge in [-0.1, -0.05) is 72.4 Å². The molecule has 0 unspecified atom stereocenters. The highest BCUT2D eigenvalue weighted by Crippen LogP contribution is 2.27. The third-order valence-corrected chi connectivity index (χ3v) is 4.65.